The van der Waals surface area contributed by atoms with Crippen LogP contribution in [0, 0.1) is 5.92 Å². The third kappa shape index (κ3) is 8.08. The van der Waals surface area contributed by atoms with Crippen LogP contribution in [0.2, 0.25) is 0 Å². The highest BCUT2D eigenvalue weighted by atomic mass is 14.0. The third-order valence-electron chi connectivity index (χ3n) is 2.74. The van der Waals surface area contributed by atoms with Crippen LogP contribution < -0.4 is 0 Å². The van der Waals surface area contributed by atoms with E-state index in [0.717, 1.165) is 5.92 Å². The van der Waals surface area contributed by atoms with Crippen molar-refractivity contribution < 1.29 is 0 Å². The molecule has 1 atom stereocenters. The maximum atomic E-state index is 2.42. The van der Waals surface area contributed by atoms with Gasteiger partial charge in [0.1, 0.15) is 0 Å². The van der Waals surface area contributed by atoms with Gasteiger partial charge in [0.15, 0.2) is 0 Å². The average molecular weight is 182 g/mol. The van der Waals surface area contributed by atoms with Crippen LogP contribution in [0.15, 0.2) is 11.6 Å². The van der Waals surface area contributed by atoms with E-state index in [0.29, 0.717) is 0 Å². The molecule has 0 aliphatic heterocycles. The summed E-state index contributed by atoms with van der Waals surface area (Å²) in [6.45, 7) is 9.13. The molecule has 0 aromatic heterocycles. The molecule has 0 amide bonds. The number of hydrogen-bond donors (Lipinski definition) is 0. The minimum atomic E-state index is 0.917. The topological polar surface area (TPSA) is 0 Å². The molecule has 1 unspecified atom stereocenters. The average Bonchev–Trinajstić information content (AvgIpc) is 2.12. The smallest absolute Gasteiger partial charge is 0.0326 e. The molecule has 0 spiro atoms. The summed E-state index contributed by atoms with van der Waals surface area (Å²) in [6.07, 6.45) is 10.4. The molecule has 0 N–H and O–H groups in total. The lowest BCUT2D eigenvalue weighted by molar-refractivity contribution is 0.498. The van der Waals surface area contributed by atoms with Gasteiger partial charge in [-0.25, -0.2) is 0 Å². The zero-order valence-electron chi connectivity index (χ0n) is 9.90. The molecule has 0 bridgehead atoms. The zero-order chi connectivity index (χ0) is 10.1. The second-order valence-corrected chi connectivity index (χ2v) is 4.24. The molecule has 78 valence electrons. The summed E-state index contributed by atoms with van der Waals surface area (Å²) >= 11 is 0. The Labute approximate surface area is 84.4 Å². The van der Waals surface area contributed by atoms with E-state index in [9.17, 15) is 0 Å². The summed E-state index contributed by atoms with van der Waals surface area (Å²) in [6, 6.07) is 0. The first-order valence-corrected chi connectivity index (χ1v) is 5.86. The van der Waals surface area contributed by atoms with Gasteiger partial charge < -0.3 is 0 Å². The van der Waals surface area contributed by atoms with Crippen LogP contribution in [-0.4, -0.2) is 0 Å². The Hall–Kier alpha value is -0.260. The second kappa shape index (κ2) is 8.34. The predicted octanol–water partition coefficient (Wildman–Crippen LogP) is 4.95. The molecule has 0 saturated heterocycles. The van der Waals surface area contributed by atoms with E-state index in [-0.39, 0.29) is 0 Å². The van der Waals surface area contributed by atoms with Gasteiger partial charge in [-0.2, -0.15) is 0 Å². The predicted molar refractivity (Wildman–Crippen MR) is 62.0 cm³/mol. The molecule has 0 aliphatic carbocycles. The number of hydrogen-bond acceptors (Lipinski definition) is 0. The van der Waals surface area contributed by atoms with Crippen LogP contribution in [0.4, 0.5) is 0 Å². The summed E-state index contributed by atoms with van der Waals surface area (Å²) in [4.78, 5) is 0. The third-order valence-corrected chi connectivity index (χ3v) is 2.74. The highest BCUT2D eigenvalue weighted by Crippen LogP contribution is 2.13. The fraction of sp³-hybridized carbons (Fsp3) is 0.846. The van der Waals surface area contributed by atoms with Crippen molar-refractivity contribution in [2.75, 3.05) is 0 Å². The van der Waals surface area contributed by atoms with Crippen LogP contribution in [-0.2, 0) is 0 Å². The molecule has 0 aliphatic rings. The molecule has 0 saturated carbocycles. The fourth-order valence-electron chi connectivity index (χ4n) is 1.52. The lowest BCUT2D eigenvalue weighted by Gasteiger charge is -2.06. The van der Waals surface area contributed by atoms with Crippen LogP contribution in [0.25, 0.3) is 0 Å². The van der Waals surface area contributed by atoms with E-state index in [1.807, 2.05) is 0 Å². The first-order valence-electron chi connectivity index (χ1n) is 5.86. The summed E-state index contributed by atoms with van der Waals surface area (Å²) in [7, 11) is 0. The first kappa shape index (κ1) is 12.7. The maximum absolute atomic E-state index is 2.42. The van der Waals surface area contributed by atoms with E-state index in [4.69, 9.17) is 0 Å². The van der Waals surface area contributed by atoms with Crippen molar-refractivity contribution >= 4 is 0 Å². The molecular formula is C13H26. The minimum absolute atomic E-state index is 0.917. The largest absolute Gasteiger partial charge is 0.0856 e. The highest BCUT2D eigenvalue weighted by Gasteiger charge is 1.96. The lowest BCUT2D eigenvalue weighted by atomic mass is 10.0. The van der Waals surface area contributed by atoms with Gasteiger partial charge in [-0.05, 0) is 32.1 Å². The van der Waals surface area contributed by atoms with Gasteiger partial charge >= 0.3 is 0 Å². The van der Waals surface area contributed by atoms with Crippen molar-refractivity contribution in [3.05, 3.63) is 11.6 Å². The second-order valence-electron chi connectivity index (χ2n) is 4.24. The molecule has 0 heteroatoms. The van der Waals surface area contributed by atoms with Gasteiger partial charge in [0.05, 0.1) is 0 Å². The molecule has 0 fully saturated rings. The van der Waals surface area contributed by atoms with Gasteiger partial charge in [0.2, 0.25) is 0 Å². The van der Waals surface area contributed by atoms with E-state index < -0.39 is 0 Å². The molecule has 0 nitrogen and oxygen atoms in total. The maximum Gasteiger partial charge on any atom is -0.0326 e. The molecular weight excluding hydrogens is 156 g/mol. The van der Waals surface area contributed by atoms with Gasteiger partial charge in [0, 0.05) is 0 Å². The normalized spacial score (nSPS) is 14.6. The number of allylic oxidation sites excluding steroid dienone is 2. The lowest BCUT2D eigenvalue weighted by Crippen LogP contribution is -1.90. The zero-order valence-corrected chi connectivity index (χ0v) is 9.90. The van der Waals surface area contributed by atoms with Gasteiger partial charge in [0.25, 0.3) is 0 Å². The molecule has 0 aromatic rings. The van der Waals surface area contributed by atoms with Crippen LogP contribution in [0.3, 0.4) is 0 Å². The first-order chi connectivity index (χ1) is 6.20. The van der Waals surface area contributed by atoms with E-state index in [1.165, 1.54) is 38.5 Å². The number of unbranched alkanes of at least 4 members (excludes halogenated alkanes) is 1. The summed E-state index contributed by atoms with van der Waals surface area (Å²) in [5.74, 6) is 0.917. The van der Waals surface area contributed by atoms with Gasteiger partial charge in [-0.15, -0.1) is 0 Å². The van der Waals surface area contributed by atoms with Crippen molar-refractivity contribution in [2.45, 2.75) is 66.2 Å². The van der Waals surface area contributed by atoms with E-state index in [1.54, 1.807) is 5.57 Å². The van der Waals surface area contributed by atoms with Crippen LogP contribution in [0.5, 0.6) is 0 Å². The molecule has 0 heterocycles. The summed E-state index contributed by atoms with van der Waals surface area (Å²) in [5.41, 5.74) is 1.58. The Morgan fingerprint density at radius 3 is 2.54 bits per heavy atom. The number of rotatable bonds is 7. The Kier molecular flexibility index (Phi) is 8.18. The fourth-order valence-corrected chi connectivity index (χ4v) is 1.52. The van der Waals surface area contributed by atoms with Crippen LogP contribution >= 0.6 is 0 Å². The molecule has 13 heavy (non-hydrogen) atoms. The van der Waals surface area contributed by atoms with Crippen LogP contribution in [0.1, 0.15) is 66.2 Å². The molecule has 0 aromatic carbocycles. The van der Waals surface area contributed by atoms with E-state index in [2.05, 4.69) is 33.8 Å². The Balaban J connectivity index is 3.38. The molecule has 0 rings (SSSR count). The van der Waals surface area contributed by atoms with Gasteiger partial charge in [-0.3, -0.25) is 0 Å². The quantitative estimate of drug-likeness (QED) is 0.386. The van der Waals surface area contributed by atoms with Crippen molar-refractivity contribution in [3.63, 3.8) is 0 Å². The van der Waals surface area contributed by atoms with E-state index >= 15 is 0 Å². The summed E-state index contributed by atoms with van der Waals surface area (Å²) in [5, 5.41) is 0. The van der Waals surface area contributed by atoms with Crippen molar-refractivity contribution in [3.8, 4) is 0 Å². The SMILES string of the molecule is CCCC(C)=CCCCC(C)CC. The standard InChI is InChI=1S/C13H26/c1-5-9-13(4)11-8-7-10-12(3)6-2/h11-12H,5-10H2,1-4H3. The Morgan fingerprint density at radius 2 is 2.00 bits per heavy atom. The van der Waals surface area contributed by atoms with Crippen molar-refractivity contribution in [1.82, 2.24) is 0 Å². The Morgan fingerprint density at radius 1 is 1.31 bits per heavy atom. The Bertz CT molecular complexity index is 133. The van der Waals surface area contributed by atoms with Crippen molar-refractivity contribution in [1.29, 1.82) is 0 Å². The summed E-state index contributed by atoms with van der Waals surface area (Å²) < 4.78 is 0. The minimum Gasteiger partial charge on any atom is -0.0856 e. The molecule has 0 radical (unpaired) electrons. The highest BCUT2D eigenvalue weighted by molar-refractivity contribution is 4.97. The van der Waals surface area contributed by atoms with Crippen molar-refractivity contribution in [2.24, 2.45) is 5.92 Å². The monoisotopic (exact) mass is 182 g/mol. The van der Waals surface area contributed by atoms with Gasteiger partial charge in [-0.1, -0.05) is 51.7 Å².